The number of carbonyl (C=O) groups is 1. The summed E-state index contributed by atoms with van der Waals surface area (Å²) in [5, 5.41) is 4.24. The maximum atomic E-state index is 13.7. The fourth-order valence-corrected chi connectivity index (χ4v) is 3.78. The summed E-state index contributed by atoms with van der Waals surface area (Å²) in [6.07, 6.45) is 0.612. The molecule has 6 heteroatoms. The summed E-state index contributed by atoms with van der Waals surface area (Å²) in [7, 11) is 0. The number of nitrogens with zero attached hydrogens (tertiary/aromatic N) is 2. The first-order valence-corrected chi connectivity index (χ1v) is 10.1. The highest BCUT2D eigenvalue weighted by atomic mass is 32.2. The van der Waals surface area contributed by atoms with Crippen LogP contribution in [0.3, 0.4) is 0 Å². The SMILES string of the molecule is O=C(CSc1nc(Cc2ccccc2)nc2ccccc12)Nc1ccccc1F. The fourth-order valence-electron chi connectivity index (χ4n) is 2.94. The summed E-state index contributed by atoms with van der Waals surface area (Å²) in [4.78, 5) is 21.7. The molecule has 0 bridgehead atoms. The third-order valence-corrected chi connectivity index (χ3v) is 5.30. The number of para-hydroxylation sites is 2. The molecule has 0 unspecified atom stereocenters. The Bertz CT molecular complexity index is 1150. The third kappa shape index (κ3) is 4.78. The van der Waals surface area contributed by atoms with Crippen LogP contribution >= 0.6 is 11.8 Å². The van der Waals surface area contributed by atoms with E-state index < -0.39 is 5.82 Å². The topological polar surface area (TPSA) is 54.9 Å². The first-order chi connectivity index (χ1) is 14.2. The molecule has 29 heavy (non-hydrogen) atoms. The van der Waals surface area contributed by atoms with Gasteiger partial charge in [0.15, 0.2) is 0 Å². The maximum absolute atomic E-state index is 13.7. The molecule has 4 nitrogen and oxygen atoms in total. The Morgan fingerprint density at radius 2 is 1.62 bits per heavy atom. The lowest BCUT2D eigenvalue weighted by atomic mass is 10.1. The van der Waals surface area contributed by atoms with E-state index >= 15 is 0 Å². The van der Waals surface area contributed by atoms with E-state index in [1.54, 1.807) is 12.1 Å². The van der Waals surface area contributed by atoms with Crippen LogP contribution in [-0.2, 0) is 11.2 Å². The first kappa shape index (κ1) is 19.1. The van der Waals surface area contributed by atoms with E-state index in [0.717, 1.165) is 21.5 Å². The molecule has 0 saturated carbocycles. The van der Waals surface area contributed by atoms with E-state index in [0.29, 0.717) is 12.2 Å². The first-order valence-electron chi connectivity index (χ1n) is 9.16. The van der Waals surface area contributed by atoms with Crippen molar-refractivity contribution < 1.29 is 9.18 Å². The van der Waals surface area contributed by atoms with Gasteiger partial charge in [0.25, 0.3) is 0 Å². The van der Waals surface area contributed by atoms with Crippen molar-refractivity contribution in [2.24, 2.45) is 0 Å². The van der Waals surface area contributed by atoms with Crippen molar-refractivity contribution in [3.63, 3.8) is 0 Å². The number of halogens is 1. The van der Waals surface area contributed by atoms with Gasteiger partial charge in [-0.1, -0.05) is 72.4 Å². The van der Waals surface area contributed by atoms with Crippen LogP contribution in [0.2, 0.25) is 0 Å². The standard InChI is InChI=1S/C23H18FN3OS/c24-18-11-5-7-13-20(18)26-22(28)15-29-23-17-10-4-6-12-19(17)25-21(27-23)14-16-8-2-1-3-9-16/h1-13H,14-15H2,(H,26,28). The van der Waals surface area contributed by atoms with Gasteiger partial charge in [-0.05, 0) is 23.8 Å². The quantitative estimate of drug-likeness (QED) is 0.360. The predicted octanol–water partition coefficient (Wildman–Crippen LogP) is 5.09. The molecule has 0 radical (unpaired) electrons. The molecule has 0 saturated heterocycles. The van der Waals surface area contributed by atoms with Crippen molar-refractivity contribution in [1.29, 1.82) is 0 Å². The second-order valence-corrected chi connectivity index (χ2v) is 7.41. The van der Waals surface area contributed by atoms with Crippen LogP contribution < -0.4 is 5.32 Å². The molecular weight excluding hydrogens is 385 g/mol. The lowest BCUT2D eigenvalue weighted by Crippen LogP contribution is -2.15. The molecule has 0 aliphatic rings. The lowest BCUT2D eigenvalue weighted by Gasteiger charge is -2.09. The van der Waals surface area contributed by atoms with Gasteiger partial charge < -0.3 is 5.32 Å². The second kappa shape index (κ2) is 8.84. The van der Waals surface area contributed by atoms with E-state index in [9.17, 15) is 9.18 Å². The molecule has 0 spiro atoms. The van der Waals surface area contributed by atoms with Crippen LogP contribution in [0, 0.1) is 5.82 Å². The molecule has 1 heterocycles. The summed E-state index contributed by atoms with van der Waals surface area (Å²) >= 11 is 1.32. The van der Waals surface area contributed by atoms with Crippen molar-refractivity contribution in [2.75, 3.05) is 11.1 Å². The Balaban J connectivity index is 1.54. The van der Waals surface area contributed by atoms with Crippen molar-refractivity contribution in [3.8, 4) is 0 Å². The van der Waals surface area contributed by atoms with Gasteiger partial charge in [0.05, 0.1) is 17.0 Å². The number of anilines is 1. The minimum absolute atomic E-state index is 0.125. The molecule has 1 amide bonds. The molecule has 0 aliphatic carbocycles. The molecule has 0 aliphatic heterocycles. The third-order valence-electron chi connectivity index (χ3n) is 4.31. The maximum Gasteiger partial charge on any atom is 0.234 e. The van der Waals surface area contributed by atoms with Gasteiger partial charge in [-0.3, -0.25) is 4.79 Å². The minimum atomic E-state index is -0.455. The molecule has 4 aromatic rings. The summed E-state index contributed by atoms with van der Waals surface area (Å²) in [6.45, 7) is 0. The number of thioether (sulfide) groups is 1. The zero-order valence-electron chi connectivity index (χ0n) is 15.5. The zero-order valence-corrected chi connectivity index (χ0v) is 16.3. The second-order valence-electron chi connectivity index (χ2n) is 6.44. The van der Waals surface area contributed by atoms with Crippen molar-refractivity contribution in [3.05, 3.63) is 96.1 Å². The highest BCUT2D eigenvalue weighted by Crippen LogP contribution is 2.26. The Kier molecular flexibility index (Phi) is 5.81. The van der Waals surface area contributed by atoms with Gasteiger partial charge >= 0.3 is 0 Å². The van der Waals surface area contributed by atoms with Crippen molar-refractivity contribution in [2.45, 2.75) is 11.4 Å². The van der Waals surface area contributed by atoms with Crippen LogP contribution in [0.5, 0.6) is 0 Å². The highest BCUT2D eigenvalue weighted by Gasteiger charge is 2.12. The van der Waals surface area contributed by atoms with Gasteiger partial charge in [-0.15, -0.1) is 0 Å². The van der Waals surface area contributed by atoms with Gasteiger partial charge in [0.1, 0.15) is 16.7 Å². The highest BCUT2D eigenvalue weighted by molar-refractivity contribution is 8.00. The number of carbonyl (C=O) groups excluding carboxylic acids is 1. The normalized spacial score (nSPS) is 10.8. The number of benzene rings is 3. The minimum Gasteiger partial charge on any atom is -0.323 e. The summed E-state index contributed by atoms with van der Waals surface area (Å²) < 4.78 is 13.7. The number of amides is 1. The van der Waals surface area contributed by atoms with Crippen molar-refractivity contribution >= 4 is 34.3 Å². The van der Waals surface area contributed by atoms with Crippen LogP contribution in [0.25, 0.3) is 10.9 Å². The number of hydrogen-bond donors (Lipinski definition) is 1. The van der Waals surface area contributed by atoms with Gasteiger partial charge in [0, 0.05) is 11.8 Å². The summed E-state index contributed by atoms with van der Waals surface area (Å²) in [5.41, 5.74) is 2.14. The summed E-state index contributed by atoms with van der Waals surface area (Å²) in [5.74, 6) is 0.0860. The Labute approximate surface area is 172 Å². The van der Waals surface area contributed by atoms with E-state index in [-0.39, 0.29) is 17.3 Å². The monoisotopic (exact) mass is 403 g/mol. The smallest absolute Gasteiger partial charge is 0.234 e. The molecule has 4 rings (SSSR count). The number of nitrogens with one attached hydrogen (secondary N) is 1. The molecule has 0 atom stereocenters. The average molecular weight is 403 g/mol. The zero-order chi connectivity index (χ0) is 20.1. The van der Waals surface area contributed by atoms with Gasteiger partial charge in [-0.25, -0.2) is 14.4 Å². The Morgan fingerprint density at radius 3 is 2.45 bits per heavy atom. The largest absolute Gasteiger partial charge is 0.323 e. The van der Waals surface area contributed by atoms with Crippen LogP contribution in [0.1, 0.15) is 11.4 Å². The lowest BCUT2D eigenvalue weighted by molar-refractivity contribution is -0.113. The number of hydrogen-bond acceptors (Lipinski definition) is 4. The number of fused-ring (bicyclic) bond motifs is 1. The molecule has 0 fully saturated rings. The van der Waals surface area contributed by atoms with Gasteiger partial charge in [0.2, 0.25) is 5.91 Å². The Hall–Kier alpha value is -3.25. The summed E-state index contributed by atoms with van der Waals surface area (Å²) in [6, 6.07) is 23.9. The Morgan fingerprint density at radius 1 is 0.897 bits per heavy atom. The molecule has 1 aromatic heterocycles. The number of rotatable bonds is 6. The predicted molar refractivity (Wildman–Crippen MR) is 115 cm³/mol. The van der Waals surface area contributed by atoms with Crippen LogP contribution in [-0.4, -0.2) is 21.6 Å². The average Bonchev–Trinajstić information content (AvgIpc) is 2.74. The molecule has 1 N–H and O–H groups in total. The molecule has 144 valence electrons. The van der Waals surface area contributed by atoms with Crippen molar-refractivity contribution in [1.82, 2.24) is 9.97 Å². The fraction of sp³-hybridized carbons (Fsp3) is 0.0870. The van der Waals surface area contributed by atoms with Crippen LogP contribution in [0.4, 0.5) is 10.1 Å². The molecular formula is C23H18FN3OS. The van der Waals surface area contributed by atoms with E-state index in [4.69, 9.17) is 4.98 Å². The number of aromatic nitrogens is 2. The molecule has 3 aromatic carbocycles. The van der Waals surface area contributed by atoms with E-state index in [1.165, 1.54) is 23.9 Å². The van der Waals surface area contributed by atoms with Gasteiger partial charge in [-0.2, -0.15) is 0 Å². The van der Waals surface area contributed by atoms with Crippen LogP contribution in [0.15, 0.2) is 83.9 Å². The van der Waals surface area contributed by atoms with E-state index in [1.807, 2.05) is 54.6 Å². The van der Waals surface area contributed by atoms with E-state index in [2.05, 4.69) is 10.3 Å².